The smallest absolute Gasteiger partial charge is 0.186 e. The summed E-state index contributed by atoms with van der Waals surface area (Å²) in [6, 6.07) is 0. The van der Waals surface area contributed by atoms with Crippen LogP contribution in [0.3, 0.4) is 0 Å². The SMILES string of the molecule is C=CC[N+]1(C)CCCCC(=O)C1. The summed E-state index contributed by atoms with van der Waals surface area (Å²) in [5.41, 5.74) is 0. The van der Waals surface area contributed by atoms with E-state index in [0.717, 1.165) is 30.4 Å². The van der Waals surface area contributed by atoms with Gasteiger partial charge >= 0.3 is 0 Å². The number of ketones is 1. The fourth-order valence-electron chi connectivity index (χ4n) is 1.87. The fourth-order valence-corrected chi connectivity index (χ4v) is 1.87. The van der Waals surface area contributed by atoms with E-state index in [1.165, 1.54) is 6.42 Å². The van der Waals surface area contributed by atoms with Gasteiger partial charge in [0.15, 0.2) is 5.78 Å². The van der Waals surface area contributed by atoms with E-state index in [-0.39, 0.29) is 0 Å². The molecule has 2 heteroatoms. The lowest BCUT2D eigenvalue weighted by molar-refractivity contribution is -0.895. The van der Waals surface area contributed by atoms with Crippen molar-refractivity contribution in [3.05, 3.63) is 12.7 Å². The number of carbonyl (C=O) groups is 1. The molecule has 1 atom stereocenters. The Balaban J connectivity index is 2.60. The van der Waals surface area contributed by atoms with Crippen molar-refractivity contribution in [3.8, 4) is 0 Å². The van der Waals surface area contributed by atoms with E-state index in [1.807, 2.05) is 6.08 Å². The Morgan fingerprint density at radius 1 is 1.58 bits per heavy atom. The van der Waals surface area contributed by atoms with Crippen LogP contribution in [0, 0.1) is 0 Å². The van der Waals surface area contributed by atoms with Crippen molar-refractivity contribution < 1.29 is 9.28 Å². The average molecular weight is 168 g/mol. The first-order chi connectivity index (χ1) is 5.66. The van der Waals surface area contributed by atoms with Crippen LogP contribution in [-0.2, 0) is 4.79 Å². The van der Waals surface area contributed by atoms with Gasteiger partial charge < -0.3 is 4.48 Å². The lowest BCUT2D eigenvalue weighted by Crippen LogP contribution is -2.47. The fraction of sp³-hybridized carbons (Fsp3) is 0.700. The van der Waals surface area contributed by atoms with Crippen LogP contribution in [0.5, 0.6) is 0 Å². The Bertz CT molecular complexity index is 188. The standard InChI is InChI=1S/C10H18NO/c1-3-7-11(2)8-5-4-6-10(12)9-11/h3H,1,4-9H2,2H3/q+1. The number of quaternary nitrogens is 1. The molecule has 1 unspecified atom stereocenters. The number of hydrogen-bond acceptors (Lipinski definition) is 1. The normalized spacial score (nSPS) is 31.2. The highest BCUT2D eigenvalue weighted by molar-refractivity contribution is 5.79. The van der Waals surface area contributed by atoms with Gasteiger partial charge in [-0.3, -0.25) is 4.79 Å². The maximum Gasteiger partial charge on any atom is 0.186 e. The molecular formula is C10H18NO+. The van der Waals surface area contributed by atoms with E-state index in [4.69, 9.17) is 0 Å². The molecule has 1 fully saturated rings. The second-order valence-electron chi connectivity index (χ2n) is 3.97. The molecule has 1 saturated heterocycles. The third kappa shape index (κ3) is 2.45. The first-order valence-electron chi connectivity index (χ1n) is 4.62. The number of carbonyl (C=O) groups excluding carboxylic acids is 1. The van der Waals surface area contributed by atoms with E-state index in [9.17, 15) is 4.79 Å². The highest BCUT2D eigenvalue weighted by atomic mass is 16.1. The van der Waals surface area contributed by atoms with Gasteiger partial charge in [-0.15, -0.1) is 0 Å². The lowest BCUT2D eigenvalue weighted by atomic mass is 10.2. The molecule has 1 aliphatic heterocycles. The number of likely N-dealkylation sites (tertiary alicyclic amines) is 1. The highest BCUT2D eigenvalue weighted by Crippen LogP contribution is 2.13. The molecule has 0 aromatic rings. The number of hydrogen-bond donors (Lipinski definition) is 0. The first-order valence-corrected chi connectivity index (χ1v) is 4.62. The molecule has 12 heavy (non-hydrogen) atoms. The monoisotopic (exact) mass is 168 g/mol. The molecular weight excluding hydrogens is 150 g/mol. The Morgan fingerprint density at radius 2 is 2.33 bits per heavy atom. The molecule has 0 aliphatic carbocycles. The van der Waals surface area contributed by atoms with Gasteiger partial charge in [0.25, 0.3) is 0 Å². The van der Waals surface area contributed by atoms with Crippen molar-refractivity contribution >= 4 is 5.78 Å². The maximum atomic E-state index is 11.3. The molecule has 0 spiro atoms. The van der Waals surface area contributed by atoms with E-state index < -0.39 is 0 Å². The number of Topliss-reactive ketones (excluding diaryl/α,β-unsaturated/α-hetero) is 1. The van der Waals surface area contributed by atoms with Crippen molar-refractivity contribution in [2.75, 3.05) is 26.7 Å². The summed E-state index contributed by atoms with van der Waals surface area (Å²) >= 11 is 0. The van der Waals surface area contributed by atoms with Gasteiger partial charge in [-0.25, -0.2) is 0 Å². The summed E-state index contributed by atoms with van der Waals surface area (Å²) < 4.78 is 0.863. The zero-order valence-electron chi connectivity index (χ0n) is 7.88. The van der Waals surface area contributed by atoms with Crippen LogP contribution in [0.25, 0.3) is 0 Å². The van der Waals surface area contributed by atoms with Crippen molar-refractivity contribution in [2.45, 2.75) is 19.3 Å². The summed E-state index contributed by atoms with van der Waals surface area (Å²) in [7, 11) is 2.14. The first kappa shape index (κ1) is 9.46. The molecule has 0 radical (unpaired) electrons. The van der Waals surface area contributed by atoms with Gasteiger partial charge in [0, 0.05) is 6.42 Å². The van der Waals surface area contributed by atoms with E-state index in [2.05, 4.69) is 13.6 Å². The zero-order valence-corrected chi connectivity index (χ0v) is 7.88. The summed E-state index contributed by atoms with van der Waals surface area (Å²) in [5.74, 6) is 0.414. The van der Waals surface area contributed by atoms with Crippen LogP contribution in [0.2, 0.25) is 0 Å². The Kier molecular flexibility index (Phi) is 3.04. The van der Waals surface area contributed by atoms with Crippen LogP contribution in [0.4, 0.5) is 0 Å². The molecule has 0 amide bonds. The molecule has 1 aliphatic rings. The van der Waals surface area contributed by atoms with Crippen molar-refractivity contribution in [1.29, 1.82) is 0 Å². The summed E-state index contributed by atoms with van der Waals surface area (Å²) in [4.78, 5) is 11.3. The van der Waals surface area contributed by atoms with Crippen LogP contribution in [-0.4, -0.2) is 36.9 Å². The van der Waals surface area contributed by atoms with Crippen LogP contribution >= 0.6 is 0 Å². The molecule has 0 aromatic carbocycles. The molecule has 68 valence electrons. The van der Waals surface area contributed by atoms with Gasteiger partial charge in [-0.05, 0) is 18.9 Å². The quantitative estimate of drug-likeness (QED) is 0.449. The van der Waals surface area contributed by atoms with Crippen LogP contribution < -0.4 is 0 Å². The zero-order chi connectivity index (χ0) is 9.03. The Labute approximate surface area is 74.5 Å². The van der Waals surface area contributed by atoms with Crippen LogP contribution in [0.15, 0.2) is 12.7 Å². The lowest BCUT2D eigenvalue weighted by Gasteiger charge is -2.31. The summed E-state index contributed by atoms with van der Waals surface area (Å²) in [5, 5.41) is 0. The van der Waals surface area contributed by atoms with Gasteiger partial charge in [0.1, 0.15) is 6.54 Å². The van der Waals surface area contributed by atoms with Crippen LogP contribution in [0.1, 0.15) is 19.3 Å². The topological polar surface area (TPSA) is 17.1 Å². The minimum Gasteiger partial charge on any atom is -0.317 e. The van der Waals surface area contributed by atoms with Crippen molar-refractivity contribution in [2.24, 2.45) is 0 Å². The predicted octanol–water partition coefficient (Wildman–Crippen LogP) is 1.37. The van der Waals surface area contributed by atoms with Gasteiger partial charge in [-0.2, -0.15) is 0 Å². The number of rotatable bonds is 2. The molecule has 2 nitrogen and oxygen atoms in total. The third-order valence-electron chi connectivity index (χ3n) is 2.53. The van der Waals surface area contributed by atoms with E-state index >= 15 is 0 Å². The minimum atomic E-state index is 0.414. The molecule has 0 bridgehead atoms. The van der Waals surface area contributed by atoms with E-state index in [1.54, 1.807) is 0 Å². The molecule has 0 aromatic heterocycles. The summed E-state index contributed by atoms with van der Waals surface area (Å²) in [6.07, 6.45) is 4.95. The van der Waals surface area contributed by atoms with Crippen molar-refractivity contribution in [3.63, 3.8) is 0 Å². The second kappa shape index (κ2) is 3.85. The van der Waals surface area contributed by atoms with Crippen molar-refractivity contribution in [1.82, 2.24) is 0 Å². The van der Waals surface area contributed by atoms with E-state index in [0.29, 0.717) is 12.3 Å². The Morgan fingerprint density at radius 3 is 3.00 bits per heavy atom. The molecule has 0 saturated carbocycles. The minimum absolute atomic E-state index is 0.414. The largest absolute Gasteiger partial charge is 0.317 e. The van der Waals surface area contributed by atoms with Gasteiger partial charge in [0.2, 0.25) is 0 Å². The summed E-state index contributed by atoms with van der Waals surface area (Å²) in [6.45, 7) is 6.47. The van der Waals surface area contributed by atoms with Gasteiger partial charge in [-0.1, -0.05) is 6.58 Å². The highest BCUT2D eigenvalue weighted by Gasteiger charge is 2.26. The third-order valence-corrected chi connectivity index (χ3v) is 2.53. The van der Waals surface area contributed by atoms with Gasteiger partial charge in [0.05, 0.1) is 20.1 Å². The number of nitrogens with zero attached hydrogens (tertiary/aromatic N) is 1. The molecule has 1 heterocycles. The average Bonchev–Trinajstić information content (AvgIpc) is 2.12. The maximum absolute atomic E-state index is 11.3. The predicted molar refractivity (Wildman–Crippen MR) is 49.8 cm³/mol. The second-order valence-corrected chi connectivity index (χ2v) is 3.97. The number of likely N-dealkylation sites (N-methyl/N-ethyl adjacent to an activating group) is 1. The molecule has 1 rings (SSSR count). The Hall–Kier alpha value is -0.630. The molecule has 0 N–H and O–H groups in total.